The average molecular weight is 299 g/mol. The van der Waals surface area contributed by atoms with Gasteiger partial charge in [-0.05, 0) is 23.6 Å². The molecule has 1 aromatic heterocycles. The van der Waals surface area contributed by atoms with Crippen LogP contribution >= 0.6 is 11.8 Å². The maximum atomic E-state index is 13.1. The van der Waals surface area contributed by atoms with E-state index in [1.54, 1.807) is 18.5 Å². The standard InChI is InChI=1S/C17H14FNOS/c18-13-5-3-6-14(8-13)21-11-17(20)16-10-19-9-12-4-1-2-7-15(12)16/h1-10,17,20H,11H2. The lowest BCUT2D eigenvalue weighted by Crippen LogP contribution is -2.02. The number of thioether (sulfide) groups is 1. The number of nitrogens with zero attached hydrogens (tertiary/aromatic N) is 1. The molecule has 0 spiro atoms. The molecular weight excluding hydrogens is 285 g/mol. The minimum absolute atomic E-state index is 0.263. The fourth-order valence-electron chi connectivity index (χ4n) is 2.23. The molecule has 3 rings (SSSR count). The second-order valence-electron chi connectivity index (χ2n) is 4.73. The van der Waals surface area contributed by atoms with Gasteiger partial charge in [0.2, 0.25) is 0 Å². The Balaban J connectivity index is 1.79. The summed E-state index contributed by atoms with van der Waals surface area (Å²) in [6, 6.07) is 14.2. The fraction of sp³-hybridized carbons (Fsp3) is 0.118. The number of rotatable bonds is 4. The molecule has 0 fully saturated rings. The van der Waals surface area contributed by atoms with Gasteiger partial charge >= 0.3 is 0 Å². The first-order valence-corrected chi connectivity index (χ1v) is 7.61. The number of aromatic nitrogens is 1. The van der Waals surface area contributed by atoms with Gasteiger partial charge in [0.05, 0.1) is 6.10 Å². The summed E-state index contributed by atoms with van der Waals surface area (Å²) in [6.07, 6.45) is 2.83. The van der Waals surface area contributed by atoms with E-state index in [0.29, 0.717) is 5.75 Å². The lowest BCUT2D eigenvalue weighted by molar-refractivity contribution is 0.205. The molecule has 3 aromatic rings. The molecule has 2 aromatic carbocycles. The van der Waals surface area contributed by atoms with Crippen molar-refractivity contribution in [3.63, 3.8) is 0 Å². The van der Waals surface area contributed by atoms with Crippen LogP contribution < -0.4 is 0 Å². The van der Waals surface area contributed by atoms with E-state index in [1.807, 2.05) is 30.3 Å². The molecular formula is C17H14FNOS. The molecule has 4 heteroatoms. The van der Waals surface area contributed by atoms with Gasteiger partial charge in [-0.2, -0.15) is 0 Å². The molecule has 0 aliphatic rings. The number of hydrogen-bond donors (Lipinski definition) is 1. The molecule has 0 saturated carbocycles. The fourth-order valence-corrected chi connectivity index (χ4v) is 3.13. The first-order valence-electron chi connectivity index (χ1n) is 6.63. The van der Waals surface area contributed by atoms with Gasteiger partial charge in [0.1, 0.15) is 5.82 Å². The maximum absolute atomic E-state index is 13.1. The van der Waals surface area contributed by atoms with Crippen molar-refractivity contribution in [2.75, 3.05) is 5.75 Å². The molecule has 0 aliphatic heterocycles. The van der Waals surface area contributed by atoms with Crippen LogP contribution in [0.5, 0.6) is 0 Å². The molecule has 1 N–H and O–H groups in total. The topological polar surface area (TPSA) is 33.1 Å². The number of aliphatic hydroxyl groups is 1. The summed E-state index contributed by atoms with van der Waals surface area (Å²) in [6.45, 7) is 0. The molecule has 1 heterocycles. The highest BCUT2D eigenvalue weighted by molar-refractivity contribution is 7.99. The van der Waals surface area contributed by atoms with Gasteiger partial charge in [-0.15, -0.1) is 11.8 Å². The Kier molecular flexibility index (Phi) is 4.18. The summed E-state index contributed by atoms with van der Waals surface area (Å²) in [5, 5.41) is 12.4. The third kappa shape index (κ3) is 3.23. The summed E-state index contributed by atoms with van der Waals surface area (Å²) in [4.78, 5) is 4.98. The van der Waals surface area contributed by atoms with E-state index in [4.69, 9.17) is 0 Å². The van der Waals surface area contributed by atoms with Gasteiger partial charge in [0.15, 0.2) is 0 Å². The minimum atomic E-state index is -0.642. The minimum Gasteiger partial charge on any atom is -0.387 e. The van der Waals surface area contributed by atoms with Crippen LogP contribution in [0, 0.1) is 5.82 Å². The number of pyridine rings is 1. The first kappa shape index (κ1) is 14.0. The van der Waals surface area contributed by atoms with Crippen molar-refractivity contribution in [3.8, 4) is 0 Å². The Morgan fingerprint density at radius 2 is 1.95 bits per heavy atom. The van der Waals surface area contributed by atoms with Crippen LogP contribution in [0.4, 0.5) is 4.39 Å². The van der Waals surface area contributed by atoms with Crippen LogP contribution in [0.1, 0.15) is 11.7 Å². The maximum Gasteiger partial charge on any atom is 0.124 e. The molecule has 2 nitrogen and oxygen atoms in total. The zero-order valence-corrected chi connectivity index (χ0v) is 12.1. The number of fused-ring (bicyclic) bond motifs is 1. The zero-order chi connectivity index (χ0) is 14.7. The highest BCUT2D eigenvalue weighted by Crippen LogP contribution is 2.28. The van der Waals surface area contributed by atoms with E-state index in [1.165, 1.54) is 23.9 Å². The predicted molar refractivity (Wildman–Crippen MR) is 83.8 cm³/mol. The van der Waals surface area contributed by atoms with Crippen LogP contribution in [0.2, 0.25) is 0 Å². The van der Waals surface area contributed by atoms with Gasteiger partial charge in [-0.25, -0.2) is 4.39 Å². The van der Waals surface area contributed by atoms with Crippen LogP contribution in [0.15, 0.2) is 65.8 Å². The summed E-state index contributed by atoms with van der Waals surface area (Å²) >= 11 is 1.43. The van der Waals surface area contributed by atoms with E-state index in [0.717, 1.165) is 21.2 Å². The van der Waals surface area contributed by atoms with Crippen LogP contribution in [0.25, 0.3) is 10.8 Å². The van der Waals surface area contributed by atoms with Crippen molar-refractivity contribution in [1.82, 2.24) is 4.98 Å². The molecule has 1 atom stereocenters. The highest BCUT2D eigenvalue weighted by Gasteiger charge is 2.12. The predicted octanol–water partition coefficient (Wildman–Crippen LogP) is 4.20. The van der Waals surface area contributed by atoms with Crippen LogP contribution in [0.3, 0.4) is 0 Å². The Hall–Kier alpha value is -1.91. The van der Waals surface area contributed by atoms with E-state index < -0.39 is 6.10 Å². The van der Waals surface area contributed by atoms with Crippen molar-refractivity contribution in [3.05, 3.63) is 72.3 Å². The van der Waals surface area contributed by atoms with E-state index in [-0.39, 0.29) is 5.82 Å². The number of hydrogen-bond acceptors (Lipinski definition) is 3. The zero-order valence-electron chi connectivity index (χ0n) is 11.2. The molecule has 1 unspecified atom stereocenters. The number of benzene rings is 2. The Morgan fingerprint density at radius 3 is 2.81 bits per heavy atom. The smallest absolute Gasteiger partial charge is 0.124 e. The number of aliphatic hydroxyl groups excluding tert-OH is 1. The molecule has 0 aliphatic carbocycles. The van der Waals surface area contributed by atoms with Crippen molar-refractivity contribution < 1.29 is 9.50 Å². The second kappa shape index (κ2) is 6.24. The summed E-state index contributed by atoms with van der Waals surface area (Å²) in [5.74, 6) is 0.195. The summed E-state index contributed by atoms with van der Waals surface area (Å²) < 4.78 is 13.1. The molecule has 0 amide bonds. The first-order chi connectivity index (χ1) is 10.2. The van der Waals surface area contributed by atoms with Crippen molar-refractivity contribution in [2.24, 2.45) is 0 Å². The monoisotopic (exact) mass is 299 g/mol. The Labute approximate surface area is 126 Å². The Bertz CT molecular complexity index is 757. The second-order valence-corrected chi connectivity index (χ2v) is 5.83. The quantitative estimate of drug-likeness (QED) is 0.733. The van der Waals surface area contributed by atoms with E-state index in [2.05, 4.69) is 4.98 Å². The SMILES string of the molecule is OC(CSc1cccc(F)c1)c1cncc2ccccc12. The largest absolute Gasteiger partial charge is 0.387 e. The van der Waals surface area contributed by atoms with Gasteiger partial charge in [-0.1, -0.05) is 30.3 Å². The normalized spacial score (nSPS) is 12.5. The van der Waals surface area contributed by atoms with Gasteiger partial charge < -0.3 is 5.11 Å². The summed E-state index contributed by atoms with van der Waals surface area (Å²) in [5.41, 5.74) is 0.803. The molecule has 21 heavy (non-hydrogen) atoms. The molecule has 0 radical (unpaired) electrons. The van der Waals surface area contributed by atoms with Gasteiger partial charge in [-0.3, -0.25) is 4.98 Å². The van der Waals surface area contributed by atoms with Crippen molar-refractivity contribution in [1.29, 1.82) is 0 Å². The molecule has 0 saturated heterocycles. The van der Waals surface area contributed by atoms with Crippen LogP contribution in [-0.4, -0.2) is 15.8 Å². The Morgan fingerprint density at radius 1 is 1.10 bits per heavy atom. The van der Waals surface area contributed by atoms with Crippen LogP contribution in [-0.2, 0) is 0 Å². The number of halogens is 1. The molecule has 106 valence electrons. The van der Waals surface area contributed by atoms with Gasteiger partial charge in [0.25, 0.3) is 0 Å². The third-order valence-corrected chi connectivity index (χ3v) is 4.33. The van der Waals surface area contributed by atoms with E-state index in [9.17, 15) is 9.50 Å². The van der Waals surface area contributed by atoms with Crippen molar-refractivity contribution >= 4 is 22.5 Å². The lowest BCUT2D eigenvalue weighted by atomic mass is 10.0. The average Bonchev–Trinajstić information content (AvgIpc) is 2.52. The van der Waals surface area contributed by atoms with Crippen molar-refractivity contribution in [2.45, 2.75) is 11.0 Å². The van der Waals surface area contributed by atoms with Gasteiger partial charge in [0, 0.05) is 34.0 Å². The highest BCUT2D eigenvalue weighted by atomic mass is 32.2. The lowest BCUT2D eigenvalue weighted by Gasteiger charge is -2.13. The third-order valence-electron chi connectivity index (χ3n) is 3.26. The molecule has 0 bridgehead atoms. The summed E-state index contributed by atoms with van der Waals surface area (Å²) in [7, 11) is 0. The van der Waals surface area contributed by atoms with E-state index >= 15 is 0 Å².